The molecule has 0 spiro atoms. The van der Waals surface area contributed by atoms with Gasteiger partial charge < -0.3 is 15.4 Å². The van der Waals surface area contributed by atoms with Crippen molar-refractivity contribution in [2.45, 2.75) is 13.8 Å². The van der Waals surface area contributed by atoms with E-state index >= 15 is 0 Å². The Labute approximate surface area is 158 Å². The fourth-order valence-electron chi connectivity index (χ4n) is 2.07. The number of nitrogens with one attached hydrogen (secondary N) is 2. The number of hydrogen-bond acceptors (Lipinski definition) is 4. The lowest BCUT2D eigenvalue weighted by Gasteiger charge is -2.08. The molecular formula is C21H21N3O3. The lowest BCUT2D eigenvalue weighted by Crippen LogP contribution is -2.17. The van der Waals surface area contributed by atoms with Crippen LogP contribution in [0.15, 0.2) is 54.6 Å². The quantitative estimate of drug-likeness (QED) is 0.731. The van der Waals surface area contributed by atoms with E-state index in [0.717, 1.165) is 5.56 Å². The van der Waals surface area contributed by atoms with E-state index < -0.39 is 0 Å². The van der Waals surface area contributed by atoms with Gasteiger partial charge in [-0.2, -0.15) is 5.26 Å². The van der Waals surface area contributed by atoms with Crippen LogP contribution in [0.2, 0.25) is 0 Å². The lowest BCUT2D eigenvalue weighted by atomic mass is 10.2. The third-order valence-corrected chi connectivity index (χ3v) is 3.55. The van der Waals surface area contributed by atoms with Crippen LogP contribution < -0.4 is 15.4 Å². The van der Waals surface area contributed by atoms with E-state index in [2.05, 4.69) is 10.6 Å². The number of amides is 2. The second-order valence-corrected chi connectivity index (χ2v) is 6.06. The van der Waals surface area contributed by atoms with Crippen molar-refractivity contribution in [3.63, 3.8) is 0 Å². The number of nitriles is 1. The smallest absolute Gasteiger partial charge is 0.248 e. The zero-order chi connectivity index (χ0) is 19.6. The predicted octanol–water partition coefficient (Wildman–Crippen LogP) is 3.84. The SMILES string of the molecule is CC(C)C(=O)Nc1ccc(NC(=O)/C=C/c2ccc(OCC#N)cc2)cc1. The van der Waals surface area contributed by atoms with Crippen molar-refractivity contribution in [1.29, 1.82) is 5.26 Å². The fourth-order valence-corrected chi connectivity index (χ4v) is 2.07. The second-order valence-electron chi connectivity index (χ2n) is 6.06. The first kappa shape index (κ1) is 19.7. The molecule has 0 aliphatic rings. The van der Waals surface area contributed by atoms with E-state index in [1.807, 2.05) is 19.9 Å². The Morgan fingerprint density at radius 3 is 2.19 bits per heavy atom. The van der Waals surface area contributed by atoms with Crippen LogP contribution >= 0.6 is 0 Å². The molecule has 0 aliphatic heterocycles. The average molecular weight is 363 g/mol. The Balaban J connectivity index is 1.88. The van der Waals surface area contributed by atoms with Crippen molar-refractivity contribution in [3.8, 4) is 11.8 Å². The van der Waals surface area contributed by atoms with Crippen LogP contribution in [-0.4, -0.2) is 18.4 Å². The zero-order valence-electron chi connectivity index (χ0n) is 15.2. The molecule has 0 aromatic heterocycles. The Morgan fingerprint density at radius 1 is 1.04 bits per heavy atom. The van der Waals surface area contributed by atoms with Crippen molar-refractivity contribution in [2.24, 2.45) is 5.92 Å². The number of rotatable bonds is 7. The summed E-state index contributed by atoms with van der Waals surface area (Å²) in [5.74, 6) is 0.182. The normalized spacial score (nSPS) is 10.4. The molecule has 0 bridgehead atoms. The number of ether oxygens (including phenoxy) is 1. The molecule has 2 aromatic rings. The molecule has 6 nitrogen and oxygen atoms in total. The van der Waals surface area contributed by atoms with E-state index in [1.165, 1.54) is 6.08 Å². The van der Waals surface area contributed by atoms with E-state index in [4.69, 9.17) is 10.00 Å². The maximum absolute atomic E-state index is 12.0. The summed E-state index contributed by atoms with van der Waals surface area (Å²) >= 11 is 0. The van der Waals surface area contributed by atoms with Gasteiger partial charge >= 0.3 is 0 Å². The van der Waals surface area contributed by atoms with Crippen LogP contribution in [0.5, 0.6) is 5.75 Å². The largest absolute Gasteiger partial charge is 0.479 e. The summed E-state index contributed by atoms with van der Waals surface area (Å²) in [6.07, 6.45) is 3.11. The van der Waals surface area contributed by atoms with Crippen LogP contribution in [0.25, 0.3) is 6.08 Å². The molecule has 0 saturated heterocycles. The van der Waals surface area contributed by atoms with E-state index in [0.29, 0.717) is 17.1 Å². The Bertz CT molecular complexity index is 848. The Morgan fingerprint density at radius 2 is 1.63 bits per heavy atom. The standard InChI is InChI=1S/C21H21N3O3/c1-15(2)21(26)24-18-8-6-17(7-9-18)23-20(25)12-5-16-3-10-19(11-4-16)27-14-13-22/h3-12,15H,14H2,1-2H3,(H,23,25)(H,24,26)/b12-5+. The molecule has 0 fully saturated rings. The molecule has 27 heavy (non-hydrogen) atoms. The minimum atomic E-state index is -0.265. The first-order valence-corrected chi connectivity index (χ1v) is 8.48. The predicted molar refractivity (Wildman–Crippen MR) is 105 cm³/mol. The minimum absolute atomic E-state index is 0.00245. The van der Waals surface area contributed by atoms with Crippen LogP contribution in [0, 0.1) is 17.2 Å². The Hall–Kier alpha value is -3.59. The number of anilines is 2. The van der Waals surface area contributed by atoms with Crippen LogP contribution in [0.3, 0.4) is 0 Å². The van der Waals surface area contributed by atoms with Gasteiger partial charge in [-0.25, -0.2) is 0 Å². The van der Waals surface area contributed by atoms with Gasteiger partial charge in [0.1, 0.15) is 11.8 Å². The third kappa shape index (κ3) is 6.67. The van der Waals surface area contributed by atoms with Crippen molar-refractivity contribution < 1.29 is 14.3 Å². The molecule has 2 aromatic carbocycles. The van der Waals surface area contributed by atoms with Gasteiger partial charge in [0.25, 0.3) is 0 Å². The molecule has 0 aliphatic carbocycles. The van der Waals surface area contributed by atoms with Crippen LogP contribution in [0.4, 0.5) is 11.4 Å². The van der Waals surface area contributed by atoms with Gasteiger partial charge in [0.05, 0.1) is 0 Å². The van der Waals surface area contributed by atoms with E-state index in [1.54, 1.807) is 54.6 Å². The molecule has 138 valence electrons. The lowest BCUT2D eigenvalue weighted by molar-refractivity contribution is -0.119. The first-order chi connectivity index (χ1) is 13.0. The first-order valence-electron chi connectivity index (χ1n) is 8.48. The summed E-state index contributed by atoms with van der Waals surface area (Å²) in [6.45, 7) is 3.64. The van der Waals surface area contributed by atoms with E-state index in [9.17, 15) is 9.59 Å². The summed E-state index contributed by atoms with van der Waals surface area (Å²) in [5.41, 5.74) is 2.15. The van der Waals surface area contributed by atoms with Gasteiger partial charge in [0.2, 0.25) is 11.8 Å². The van der Waals surface area contributed by atoms with Gasteiger partial charge in [-0.15, -0.1) is 0 Å². The molecule has 2 N–H and O–H groups in total. The minimum Gasteiger partial charge on any atom is -0.479 e. The molecule has 0 saturated carbocycles. The molecule has 0 radical (unpaired) electrons. The zero-order valence-corrected chi connectivity index (χ0v) is 15.2. The van der Waals surface area contributed by atoms with Gasteiger partial charge in [-0.3, -0.25) is 9.59 Å². The number of benzene rings is 2. The van der Waals surface area contributed by atoms with Crippen molar-refractivity contribution in [2.75, 3.05) is 17.2 Å². The number of carbonyl (C=O) groups is 2. The molecule has 0 heterocycles. The average Bonchev–Trinajstić information content (AvgIpc) is 2.67. The maximum Gasteiger partial charge on any atom is 0.248 e. The van der Waals surface area contributed by atoms with Gasteiger partial charge in [-0.05, 0) is 48.0 Å². The molecule has 6 heteroatoms. The molecular weight excluding hydrogens is 342 g/mol. The fraction of sp³-hybridized carbons (Fsp3) is 0.190. The Kier molecular flexibility index (Phi) is 7.15. The van der Waals surface area contributed by atoms with Gasteiger partial charge in [-0.1, -0.05) is 26.0 Å². The monoisotopic (exact) mass is 363 g/mol. The summed E-state index contributed by atoms with van der Waals surface area (Å²) in [5, 5.41) is 14.0. The van der Waals surface area contributed by atoms with Crippen LogP contribution in [0.1, 0.15) is 19.4 Å². The van der Waals surface area contributed by atoms with Crippen molar-refractivity contribution in [3.05, 3.63) is 60.2 Å². The van der Waals surface area contributed by atoms with Crippen molar-refractivity contribution >= 4 is 29.3 Å². The molecule has 0 atom stereocenters. The third-order valence-electron chi connectivity index (χ3n) is 3.55. The van der Waals surface area contributed by atoms with Crippen molar-refractivity contribution in [1.82, 2.24) is 0 Å². The second kappa shape index (κ2) is 9.78. The summed E-state index contributed by atoms with van der Waals surface area (Å²) in [6, 6.07) is 15.9. The molecule has 2 rings (SSSR count). The highest BCUT2D eigenvalue weighted by Crippen LogP contribution is 2.15. The number of hydrogen-bond donors (Lipinski definition) is 2. The van der Waals surface area contributed by atoms with Crippen LogP contribution in [-0.2, 0) is 9.59 Å². The highest BCUT2D eigenvalue weighted by Gasteiger charge is 2.07. The topological polar surface area (TPSA) is 91.2 Å². The van der Waals surface area contributed by atoms with E-state index in [-0.39, 0.29) is 24.3 Å². The summed E-state index contributed by atoms with van der Waals surface area (Å²) in [4.78, 5) is 23.7. The number of carbonyl (C=O) groups excluding carboxylic acids is 2. The summed E-state index contributed by atoms with van der Waals surface area (Å²) < 4.78 is 5.17. The molecule has 0 unspecified atom stereocenters. The highest BCUT2D eigenvalue weighted by atomic mass is 16.5. The summed E-state index contributed by atoms with van der Waals surface area (Å²) in [7, 11) is 0. The number of nitrogens with zero attached hydrogens (tertiary/aromatic N) is 1. The van der Waals surface area contributed by atoms with Gasteiger partial charge in [0, 0.05) is 23.4 Å². The maximum atomic E-state index is 12.0. The van der Waals surface area contributed by atoms with Gasteiger partial charge in [0.15, 0.2) is 6.61 Å². The highest BCUT2D eigenvalue weighted by molar-refractivity contribution is 6.02. The molecule has 2 amide bonds.